The Hall–Kier alpha value is -1.44. The normalized spacial score (nSPS) is 20.0. The van der Waals surface area contributed by atoms with Crippen molar-refractivity contribution >= 4 is 15.9 Å². The van der Waals surface area contributed by atoms with E-state index in [-0.39, 0.29) is 16.5 Å². The average Bonchev–Trinajstić information content (AvgIpc) is 2.66. The summed E-state index contributed by atoms with van der Waals surface area (Å²) >= 11 is 0. The molecule has 0 aromatic heterocycles. The molecule has 7 heteroatoms. The lowest BCUT2D eigenvalue weighted by Gasteiger charge is -2.16. The van der Waals surface area contributed by atoms with E-state index in [0.717, 1.165) is 32.4 Å². The minimum Gasteiger partial charge on any atom is -0.366 e. The second kappa shape index (κ2) is 6.55. The van der Waals surface area contributed by atoms with Gasteiger partial charge in [-0.25, -0.2) is 13.1 Å². The fourth-order valence-electron chi connectivity index (χ4n) is 2.46. The van der Waals surface area contributed by atoms with Gasteiger partial charge in [-0.05, 0) is 57.0 Å². The number of aryl methyl sites for hydroxylation is 1. The van der Waals surface area contributed by atoms with E-state index in [0.29, 0.717) is 5.56 Å². The third kappa shape index (κ3) is 4.03. The maximum absolute atomic E-state index is 12.4. The summed E-state index contributed by atoms with van der Waals surface area (Å²) in [4.78, 5) is 11.4. The number of nitrogens with one attached hydrogen (secondary N) is 2. The van der Waals surface area contributed by atoms with E-state index in [4.69, 9.17) is 5.73 Å². The number of sulfonamides is 1. The lowest BCUT2D eigenvalue weighted by molar-refractivity contribution is 0.0999. The van der Waals surface area contributed by atoms with E-state index >= 15 is 0 Å². The summed E-state index contributed by atoms with van der Waals surface area (Å²) < 4.78 is 27.5. The Bertz CT molecular complexity index is 620. The predicted octanol–water partition coefficient (Wildman–Crippen LogP) is 0.514. The van der Waals surface area contributed by atoms with Crippen LogP contribution in [-0.4, -0.2) is 33.5 Å². The molecule has 1 aromatic carbocycles. The summed E-state index contributed by atoms with van der Waals surface area (Å²) in [6.07, 6.45) is 2.50. The van der Waals surface area contributed by atoms with Crippen molar-refractivity contribution in [1.82, 2.24) is 10.0 Å². The van der Waals surface area contributed by atoms with Gasteiger partial charge in [0.2, 0.25) is 15.9 Å². The molecule has 1 aromatic rings. The second-order valence-electron chi connectivity index (χ2n) is 5.34. The van der Waals surface area contributed by atoms with Crippen LogP contribution in [0, 0.1) is 6.92 Å². The van der Waals surface area contributed by atoms with E-state index < -0.39 is 15.9 Å². The van der Waals surface area contributed by atoms with Crippen molar-refractivity contribution in [3.05, 3.63) is 29.3 Å². The Balaban J connectivity index is 2.22. The molecule has 2 rings (SSSR count). The fraction of sp³-hybridized carbons (Fsp3) is 0.500. The van der Waals surface area contributed by atoms with Crippen LogP contribution in [0.5, 0.6) is 0 Å². The van der Waals surface area contributed by atoms with Gasteiger partial charge in [0.05, 0.1) is 4.90 Å². The Kier molecular flexibility index (Phi) is 4.97. The molecular formula is C14H21N3O3S. The molecule has 1 aliphatic rings. The van der Waals surface area contributed by atoms with Gasteiger partial charge in [-0.2, -0.15) is 0 Å². The first-order valence-corrected chi connectivity index (χ1v) is 8.52. The zero-order valence-electron chi connectivity index (χ0n) is 12.1. The number of hydrogen-bond donors (Lipinski definition) is 3. The lowest BCUT2D eigenvalue weighted by atomic mass is 10.1. The topological polar surface area (TPSA) is 101 Å². The zero-order chi connectivity index (χ0) is 15.5. The summed E-state index contributed by atoms with van der Waals surface area (Å²) in [6, 6.07) is 4.36. The van der Waals surface area contributed by atoms with Crippen molar-refractivity contribution in [3.63, 3.8) is 0 Å². The summed E-state index contributed by atoms with van der Waals surface area (Å²) in [6.45, 7) is 3.43. The van der Waals surface area contributed by atoms with Gasteiger partial charge in [-0.15, -0.1) is 0 Å². The van der Waals surface area contributed by atoms with Crippen molar-refractivity contribution in [3.8, 4) is 0 Å². The highest BCUT2D eigenvalue weighted by Crippen LogP contribution is 2.17. The molecule has 1 aliphatic heterocycles. The molecule has 4 N–H and O–H groups in total. The SMILES string of the molecule is Cc1ccc(S(=O)(=O)NC2CCCNCC2)cc1C(N)=O. The summed E-state index contributed by atoms with van der Waals surface area (Å²) in [7, 11) is -3.63. The van der Waals surface area contributed by atoms with Gasteiger partial charge in [0.15, 0.2) is 0 Å². The Morgan fingerprint density at radius 2 is 2.10 bits per heavy atom. The van der Waals surface area contributed by atoms with E-state index in [9.17, 15) is 13.2 Å². The summed E-state index contributed by atoms with van der Waals surface area (Å²) in [5, 5.41) is 3.24. The van der Waals surface area contributed by atoms with Crippen molar-refractivity contribution in [2.45, 2.75) is 37.1 Å². The maximum atomic E-state index is 12.4. The first-order valence-electron chi connectivity index (χ1n) is 7.03. The number of rotatable bonds is 4. The predicted molar refractivity (Wildman–Crippen MR) is 80.5 cm³/mol. The van der Waals surface area contributed by atoms with Gasteiger partial charge in [0.1, 0.15) is 0 Å². The first kappa shape index (κ1) is 15.9. The molecule has 6 nitrogen and oxygen atoms in total. The van der Waals surface area contributed by atoms with Gasteiger partial charge in [-0.1, -0.05) is 6.07 Å². The average molecular weight is 311 g/mol. The highest BCUT2D eigenvalue weighted by Gasteiger charge is 2.22. The minimum absolute atomic E-state index is 0.0802. The van der Waals surface area contributed by atoms with Crippen LogP contribution in [0.15, 0.2) is 23.1 Å². The fourth-order valence-corrected chi connectivity index (χ4v) is 3.79. The molecule has 1 fully saturated rings. The molecule has 0 saturated carbocycles. The van der Waals surface area contributed by atoms with Crippen LogP contribution in [0.1, 0.15) is 35.2 Å². The molecule has 21 heavy (non-hydrogen) atoms. The molecule has 0 bridgehead atoms. The van der Waals surface area contributed by atoms with Crippen LogP contribution in [0.2, 0.25) is 0 Å². The van der Waals surface area contributed by atoms with E-state index in [1.54, 1.807) is 13.0 Å². The van der Waals surface area contributed by atoms with Crippen LogP contribution in [0.4, 0.5) is 0 Å². The number of primary amides is 1. The highest BCUT2D eigenvalue weighted by molar-refractivity contribution is 7.89. The van der Waals surface area contributed by atoms with E-state index in [2.05, 4.69) is 10.0 Å². The van der Waals surface area contributed by atoms with Gasteiger partial charge in [0, 0.05) is 11.6 Å². The maximum Gasteiger partial charge on any atom is 0.249 e. The zero-order valence-corrected chi connectivity index (χ0v) is 12.9. The summed E-state index contributed by atoms with van der Waals surface area (Å²) in [5.74, 6) is -0.622. The number of nitrogens with two attached hydrogens (primary N) is 1. The quantitative estimate of drug-likeness (QED) is 0.754. The van der Waals surface area contributed by atoms with E-state index in [1.165, 1.54) is 12.1 Å². The van der Waals surface area contributed by atoms with Crippen LogP contribution in [0.3, 0.4) is 0 Å². The number of carbonyl (C=O) groups is 1. The molecule has 0 aliphatic carbocycles. The van der Waals surface area contributed by atoms with Gasteiger partial charge in [-0.3, -0.25) is 4.79 Å². The Labute approximate surface area is 125 Å². The largest absolute Gasteiger partial charge is 0.366 e. The number of amides is 1. The lowest BCUT2D eigenvalue weighted by Crippen LogP contribution is -2.35. The second-order valence-corrected chi connectivity index (χ2v) is 7.05. The highest BCUT2D eigenvalue weighted by atomic mass is 32.2. The monoisotopic (exact) mass is 311 g/mol. The number of carbonyl (C=O) groups excluding carboxylic acids is 1. The van der Waals surface area contributed by atoms with Gasteiger partial charge in [0.25, 0.3) is 0 Å². The van der Waals surface area contributed by atoms with Gasteiger partial charge < -0.3 is 11.1 Å². The van der Waals surface area contributed by atoms with Crippen LogP contribution < -0.4 is 15.8 Å². The molecule has 1 amide bonds. The van der Waals surface area contributed by atoms with Crippen molar-refractivity contribution in [1.29, 1.82) is 0 Å². The van der Waals surface area contributed by atoms with Crippen molar-refractivity contribution in [2.24, 2.45) is 5.73 Å². The molecule has 1 heterocycles. The van der Waals surface area contributed by atoms with E-state index in [1.807, 2.05) is 0 Å². The Morgan fingerprint density at radius 3 is 2.81 bits per heavy atom. The standard InChI is InChI=1S/C14H21N3O3S/c1-10-4-5-12(9-13(10)14(15)18)21(19,20)17-11-3-2-7-16-8-6-11/h4-5,9,11,16-17H,2-3,6-8H2,1H3,(H2,15,18). The van der Waals surface area contributed by atoms with Crippen molar-refractivity contribution in [2.75, 3.05) is 13.1 Å². The van der Waals surface area contributed by atoms with Crippen LogP contribution in [-0.2, 0) is 10.0 Å². The molecule has 1 unspecified atom stereocenters. The molecule has 0 radical (unpaired) electrons. The number of benzene rings is 1. The smallest absolute Gasteiger partial charge is 0.249 e. The molecule has 1 atom stereocenters. The minimum atomic E-state index is -3.63. The molecular weight excluding hydrogens is 290 g/mol. The first-order chi connectivity index (χ1) is 9.90. The van der Waals surface area contributed by atoms with Gasteiger partial charge >= 0.3 is 0 Å². The third-order valence-corrected chi connectivity index (χ3v) is 5.20. The Morgan fingerprint density at radius 1 is 1.33 bits per heavy atom. The summed E-state index contributed by atoms with van der Waals surface area (Å²) in [5.41, 5.74) is 6.17. The molecule has 116 valence electrons. The van der Waals surface area contributed by atoms with Crippen LogP contribution in [0.25, 0.3) is 0 Å². The third-order valence-electron chi connectivity index (χ3n) is 3.68. The number of hydrogen-bond acceptors (Lipinski definition) is 4. The van der Waals surface area contributed by atoms with Crippen molar-refractivity contribution < 1.29 is 13.2 Å². The van der Waals surface area contributed by atoms with Crippen LogP contribution >= 0.6 is 0 Å². The molecule has 0 spiro atoms. The molecule has 1 saturated heterocycles.